The van der Waals surface area contributed by atoms with E-state index in [0.29, 0.717) is 5.82 Å². The van der Waals surface area contributed by atoms with Crippen molar-refractivity contribution in [3.8, 4) is 0 Å². The number of fused-ring (bicyclic) bond motifs is 1. The van der Waals surface area contributed by atoms with Gasteiger partial charge in [0, 0.05) is 6.04 Å². The van der Waals surface area contributed by atoms with Crippen molar-refractivity contribution in [2.24, 2.45) is 0 Å². The van der Waals surface area contributed by atoms with Crippen molar-refractivity contribution in [3.05, 3.63) is 17.3 Å². The highest BCUT2D eigenvalue weighted by atomic mass is 32.1. The average Bonchev–Trinajstić information content (AvgIpc) is 2.98. The van der Waals surface area contributed by atoms with Crippen LogP contribution in [0.25, 0.3) is 10.2 Å². The highest BCUT2D eigenvalue weighted by Crippen LogP contribution is 2.27. The van der Waals surface area contributed by atoms with Gasteiger partial charge in [0.1, 0.15) is 16.5 Å². The summed E-state index contributed by atoms with van der Waals surface area (Å²) in [7, 11) is 2.12. The second-order valence-electron chi connectivity index (χ2n) is 4.31. The lowest BCUT2D eigenvalue weighted by atomic mass is 10.3. The summed E-state index contributed by atoms with van der Waals surface area (Å²) < 4.78 is 0. The fraction of sp³-hybridized carbons (Fsp3) is 0.455. The molecular formula is C11H14N4S. The van der Waals surface area contributed by atoms with Gasteiger partial charge in [-0.2, -0.15) is 0 Å². The van der Waals surface area contributed by atoms with E-state index >= 15 is 0 Å². The van der Waals surface area contributed by atoms with Gasteiger partial charge in [-0.3, -0.25) is 4.90 Å². The minimum absolute atomic E-state index is 0.602. The molecule has 0 aliphatic heterocycles. The van der Waals surface area contributed by atoms with Crippen molar-refractivity contribution >= 4 is 27.4 Å². The van der Waals surface area contributed by atoms with E-state index < -0.39 is 0 Å². The van der Waals surface area contributed by atoms with Crippen molar-refractivity contribution in [3.63, 3.8) is 0 Å². The summed E-state index contributed by atoms with van der Waals surface area (Å²) in [5.41, 5.74) is 5.91. The Bertz CT molecular complexity index is 518. The zero-order chi connectivity index (χ0) is 11.1. The van der Waals surface area contributed by atoms with Gasteiger partial charge in [0.15, 0.2) is 0 Å². The van der Waals surface area contributed by atoms with Crippen LogP contribution in [-0.2, 0) is 6.54 Å². The van der Waals surface area contributed by atoms with E-state index in [1.165, 1.54) is 12.8 Å². The molecule has 0 bridgehead atoms. The molecule has 0 radical (unpaired) electrons. The molecule has 2 aromatic heterocycles. The molecule has 16 heavy (non-hydrogen) atoms. The van der Waals surface area contributed by atoms with E-state index in [-0.39, 0.29) is 0 Å². The van der Waals surface area contributed by atoms with E-state index in [0.717, 1.165) is 28.6 Å². The molecule has 0 aromatic carbocycles. The van der Waals surface area contributed by atoms with Gasteiger partial charge in [0.25, 0.3) is 0 Å². The van der Waals surface area contributed by atoms with Crippen LogP contribution >= 0.6 is 11.3 Å². The highest BCUT2D eigenvalue weighted by molar-refractivity contribution is 7.16. The molecule has 0 saturated heterocycles. The summed E-state index contributed by atoms with van der Waals surface area (Å²) in [5, 5.41) is 2.98. The summed E-state index contributed by atoms with van der Waals surface area (Å²) in [6.45, 7) is 0.794. The van der Waals surface area contributed by atoms with Crippen molar-refractivity contribution in [2.45, 2.75) is 25.4 Å². The number of aromatic nitrogens is 2. The summed E-state index contributed by atoms with van der Waals surface area (Å²) in [6, 6.07) is 2.70. The van der Waals surface area contributed by atoms with Crippen molar-refractivity contribution in [2.75, 3.05) is 12.8 Å². The summed E-state index contributed by atoms with van der Waals surface area (Å²) in [4.78, 5) is 12.2. The van der Waals surface area contributed by atoms with Crippen LogP contribution in [-0.4, -0.2) is 28.0 Å². The van der Waals surface area contributed by atoms with Crippen LogP contribution in [0.15, 0.2) is 11.4 Å². The first-order valence-electron chi connectivity index (χ1n) is 5.44. The van der Waals surface area contributed by atoms with Crippen LogP contribution in [0.4, 0.5) is 5.82 Å². The summed E-state index contributed by atoms with van der Waals surface area (Å²) in [5.74, 6) is 1.44. The maximum absolute atomic E-state index is 5.91. The Labute approximate surface area is 98.1 Å². The Morgan fingerprint density at radius 3 is 3.06 bits per heavy atom. The van der Waals surface area contributed by atoms with E-state index in [2.05, 4.69) is 21.9 Å². The summed E-state index contributed by atoms with van der Waals surface area (Å²) >= 11 is 1.62. The van der Waals surface area contributed by atoms with Gasteiger partial charge >= 0.3 is 0 Å². The second-order valence-corrected chi connectivity index (χ2v) is 5.21. The summed E-state index contributed by atoms with van der Waals surface area (Å²) in [6.07, 6.45) is 2.60. The first-order chi connectivity index (χ1) is 7.74. The zero-order valence-electron chi connectivity index (χ0n) is 9.18. The molecule has 0 atom stereocenters. The van der Waals surface area contributed by atoms with Gasteiger partial charge in [-0.1, -0.05) is 0 Å². The van der Waals surface area contributed by atoms with Crippen molar-refractivity contribution in [1.82, 2.24) is 14.9 Å². The van der Waals surface area contributed by atoms with Crippen LogP contribution in [0.5, 0.6) is 0 Å². The SMILES string of the molecule is CN(Cc1nc(N)c2ccsc2n1)C1CC1. The van der Waals surface area contributed by atoms with Gasteiger partial charge in [-0.05, 0) is 31.3 Å². The molecule has 2 aromatic rings. The lowest BCUT2D eigenvalue weighted by Crippen LogP contribution is -2.21. The standard InChI is InChI=1S/C11H14N4S/c1-15(7-2-3-7)6-9-13-10(12)8-4-5-16-11(8)14-9/h4-5,7H,2-3,6H2,1H3,(H2,12,13,14). The molecule has 1 saturated carbocycles. The van der Waals surface area contributed by atoms with Gasteiger partial charge in [-0.25, -0.2) is 9.97 Å². The number of nitrogen functional groups attached to an aromatic ring is 1. The maximum atomic E-state index is 5.91. The van der Waals surface area contributed by atoms with E-state index in [1.807, 2.05) is 11.4 Å². The minimum Gasteiger partial charge on any atom is -0.383 e. The molecule has 84 valence electrons. The number of hydrogen-bond donors (Lipinski definition) is 1. The molecule has 2 N–H and O–H groups in total. The third-order valence-electron chi connectivity index (χ3n) is 2.96. The molecule has 2 heterocycles. The van der Waals surface area contributed by atoms with Gasteiger partial charge in [0.05, 0.1) is 11.9 Å². The van der Waals surface area contributed by atoms with Crippen molar-refractivity contribution < 1.29 is 0 Å². The minimum atomic E-state index is 0.602. The molecule has 0 unspecified atom stereocenters. The first-order valence-corrected chi connectivity index (χ1v) is 6.32. The predicted molar refractivity (Wildman–Crippen MR) is 66.3 cm³/mol. The smallest absolute Gasteiger partial charge is 0.146 e. The molecule has 1 fully saturated rings. The van der Waals surface area contributed by atoms with E-state index in [9.17, 15) is 0 Å². The average molecular weight is 234 g/mol. The maximum Gasteiger partial charge on any atom is 0.146 e. The monoisotopic (exact) mass is 234 g/mol. The van der Waals surface area contributed by atoms with Crippen LogP contribution in [0.2, 0.25) is 0 Å². The quantitative estimate of drug-likeness (QED) is 0.880. The molecule has 0 amide bonds. The number of anilines is 1. The zero-order valence-corrected chi connectivity index (χ0v) is 10.00. The molecule has 5 heteroatoms. The fourth-order valence-electron chi connectivity index (χ4n) is 1.86. The first kappa shape index (κ1) is 9.99. The van der Waals surface area contributed by atoms with E-state index in [4.69, 9.17) is 5.73 Å². The Hall–Kier alpha value is -1.20. The number of thiophene rings is 1. The van der Waals surface area contributed by atoms with Gasteiger partial charge in [-0.15, -0.1) is 11.3 Å². The Morgan fingerprint density at radius 2 is 2.31 bits per heavy atom. The number of nitrogens with zero attached hydrogens (tertiary/aromatic N) is 3. The Kier molecular flexibility index (Phi) is 2.29. The molecule has 0 spiro atoms. The lowest BCUT2D eigenvalue weighted by molar-refractivity contribution is 0.308. The van der Waals surface area contributed by atoms with Crippen LogP contribution in [0.1, 0.15) is 18.7 Å². The largest absolute Gasteiger partial charge is 0.383 e. The number of nitrogens with two attached hydrogens (primary N) is 1. The lowest BCUT2D eigenvalue weighted by Gasteiger charge is -2.14. The molecule has 1 aliphatic rings. The van der Waals surface area contributed by atoms with Crippen LogP contribution in [0, 0.1) is 0 Å². The number of hydrogen-bond acceptors (Lipinski definition) is 5. The Morgan fingerprint density at radius 1 is 1.50 bits per heavy atom. The van der Waals surface area contributed by atoms with Gasteiger partial charge in [0.2, 0.25) is 0 Å². The molecular weight excluding hydrogens is 220 g/mol. The van der Waals surface area contributed by atoms with Crippen LogP contribution in [0.3, 0.4) is 0 Å². The third kappa shape index (κ3) is 1.76. The van der Waals surface area contributed by atoms with Gasteiger partial charge < -0.3 is 5.73 Å². The topological polar surface area (TPSA) is 55.0 Å². The highest BCUT2D eigenvalue weighted by Gasteiger charge is 2.26. The fourth-order valence-corrected chi connectivity index (χ4v) is 2.65. The predicted octanol–water partition coefficient (Wildman–Crippen LogP) is 1.87. The number of rotatable bonds is 3. The third-order valence-corrected chi connectivity index (χ3v) is 3.77. The molecule has 1 aliphatic carbocycles. The van der Waals surface area contributed by atoms with Crippen molar-refractivity contribution in [1.29, 1.82) is 0 Å². The van der Waals surface area contributed by atoms with Crippen LogP contribution < -0.4 is 5.73 Å². The normalized spacial score (nSPS) is 16.1. The molecule has 3 rings (SSSR count). The molecule has 4 nitrogen and oxygen atoms in total. The second kappa shape index (κ2) is 3.68. The Balaban J connectivity index is 1.91. The van der Waals surface area contributed by atoms with E-state index in [1.54, 1.807) is 11.3 Å².